The van der Waals surface area contributed by atoms with E-state index in [0.29, 0.717) is 12.4 Å². The molecule has 0 amide bonds. The van der Waals surface area contributed by atoms with Gasteiger partial charge in [0.1, 0.15) is 11.5 Å². The third-order valence-electron chi connectivity index (χ3n) is 1.67. The lowest BCUT2D eigenvalue weighted by Gasteiger charge is -2.06. The molecule has 0 bridgehead atoms. The zero-order chi connectivity index (χ0) is 11.1. The Morgan fingerprint density at radius 3 is 2.47 bits per heavy atom. The molecule has 0 saturated heterocycles. The minimum absolute atomic E-state index is 0.119. The number of methoxy groups -OCH3 is 1. The smallest absolute Gasteiger partial charge is 0.151 e. The molecule has 15 heavy (non-hydrogen) atoms. The van der Waals surface area contributed by atoms with Gasteiger partial charge in [0.05, 0.1) is 13.7 Å². The quantitative estimate of drug-likeness (QED) is 0.455. The largest absolute Gasteiger partial charge is 0.497 e. The zero-order valence-electron chi connectivity index (χ0n) is 8.53. The summed E-state index contributed by atoms with van der Waals surface area (Å²) in [5.74, 6) is 2.28. The Bertz CT molecular complexity index is 314. The van der Waals surface area contributed by atoms with E-state index in [4.69, 9.17) is 20.6 Å². The van der Waals surface area contributed by atoms with E-state index in [1.807, 2.05) is 24.3 Å². The summed E-state index contributed by atoms with van der Waals surface area (Å²) < 4.78 is 10.4. The predicted molar refractivity (Wildman–Crippen MR) is 62.9 cm³/mol. The molecule has 0 atom stereocenters. The van der Waals surface area contributed by atoms with E-state index in [-0.39, 0.29) is 5.17 Å². The number of hydrogen-bond donors (Lipinski definition) is 2. The Hall–Kier alpha value is -1.36. The van der Waals surface area contributed by atoms with E-state index in [2.05, 4.69) is 0 Å². The molecule has 0 aliphatic carbocycles. The van der Waals surface area contributed by atoms with Gasteiger partial charge < -0.3 is 15.2 Å². The van der Waals surface area contributed by atoms with Crippen molar-refractivity contribution < 1.29 is 9.47 Å². The molecule has 0 spiro atoms. The van der Waals surface area contributed by atoms with E-state index in [1.54, 1.807) is 7.11 Å². The van der Waals surface area contributed by atoms with Crippen LogP contribution in [0.25, 0.3) is 0 Å². The normalized spacial score (nSPS) is 9.67. The highest BCUT2D eigenvalue weighted by Gasteiger charge is 1.96. The molecule has 0 radical (unpaired) electrons. The first-order valence-corrected chi connectivity index (χ1v) is 5.44. The van der Waals surface area contributed by atoms with Crippen LogP contribution >= 0.6 is 11.8 Å². The molecule has 0 aliphatic rings. The standard InChI is InChI=1S/C10H14N2O2S/c1-13-8-2-4-9(5-3-8)14-6-7-15-10(11)12/h2-5H,6-7H2,1H3,(H3,11,12). The van der Waals surface area contributed by atoms with Gasteiger partial charge in [0.2, 0.25) is 0 Å². The van der Waals surface area contributed by atoms with E-state index in [1.165, 1.54) is 11.8 Å². The summed E-state index contributed by atoms with van der Waals surface area (Å²) in [5, 5.41) is 7.12. The molecule has 4 nitrogen and oxygen atoms in total. The highest BCUT2D eigenvalue weighted by molar-refractivity contribution is 8.13. The van der Waals surface area contributed by atoms with Crippen molar-refractivity contribution in [2.24, 2.45) is 5.73 Å². The molecule has 0 aliphatic heterocycles. The molecule has 1 aromatic carbocycles. The minimum atomic E-state index is 0.119. The van der Waals surface area contributed by atoms with Crippen LogP contribution in [0.1, 0.15) is 0 Å². The topological polar surface area (TPSA) is 68.3 Å². The Kier molecular flexibility index (Phi) is 4.83. The third kappa shape index (κ3) is 4.60. The second-order valence-corrected chi connectivity index (χ2v) is 3.87. The van der Waals surface area contributed by atoms with Gasteiger partial charge >= 0.3 is 0 Å². The van der Waals surface area contributed by atoms with Crippen LogP contribution in [0.3, 0.4) is 0 Å². The van der Waals surface area contributed by atoms with Crippen molar-refractivity contribution in [2.45, 2.75) is 0 Å². The van der Waals surface area contributed by atoms with Crippen LogP contribution in [0.4, 0.5) is 0 Å². The average molecular weight is 226 g/mol. The summed E-state index contributed by atoms with van der Waals surface area (Å²) in [7, 11) is 1.62. The van der Waals surface area contributed by atoms with E-state index in [0.717, 1.165) is 11.5 Å². The average Bonchev–Trinajstić information content (AvgIpc) is 2.25. The number of ether oxygens (including phenoxy) is 2. The number of rotatable bonds is 5. The molecule has 82 valence electrons. The fourth-order valence-electron chi connectivity index (χ4n) is 0.983. The van der Waals surface area contributed by atoms with Gasteiger partial charge in [0, 0.05) is 5.75 Å². The van der Waals surface area contributed by atoms with Gasteiger partial charge in [-0.25, -0.2) is 0 Å². The van der Waals surface area contributed by atoms with Crippen molar-refractivity contribution in [1.29, 1.82) is 5.41 Å². The summed E-state index contributed by atoms with van der Waals surface area (Å²) >= 11 is 1.27. The Morgan fingerprint density at radius 1 is 1.33 bits per heavy atom. The van der Waals surface area contributed by atoms with Crippen LogP contribution in [0.2, 0.25) is 0 Å². The maximum atomic E-state index is 7.00. The molecule has 1 rings (SSSR count). The second kappa shape index (κ2) is 6.19. The van der Waals surface area contributed by atoms with Crippen molar-refractivity contribution in [3.05, 3.63) is 24.3 Å². The van der Waals surface area contributed by atoms with E-state index >= 15 is 0 Å². The van der Waals surface area contributed by atoms with Gasteiger partial charge in [-0.3, -0.25) is 5.41 Å². The summed E-state index contributed by atoms with van der Waals surface area (Å²) in [4.78, 5) is 0. The molecule has 0 fully saturated rings. The van der Waals surface area contributed by atoms with Crippen molar-refractivity contribution in [3.63, 3.8) is 0 Å². The fraction of sp³-hybridized carbons (Fsp3) is 0.300. The van der Waals surface area contributed by atoms with Crippen LogP contribution in [0.5, 0.6) is 11.5 Å². The third-order valence-corrected chi connectivity index (χ3v) is 2.35. The van der Waals surface area contributed by atoms with Crippen LogP contribution in [-0.2, 0) is 0 Å². The van der Waals surface area contributed by atoms with Crippen LogP contribution in [-0.4, -0.2) is 24.6 Å². The van der Waals surface area contributed by atoms with Crippen molar-refractivity contribution in [2.75, 3.05) is 19.5 Å². The number of nitrogens with two attached hydrogens (primary N) is 1. The van der Waals surface area contributed by atoms with E-state index in [9.17, 15) is 0 Å². The predicted octanol–water partition coefficient (Wildman–Crippen LogP) is 1.70. The number of hydrogen-bond acceptors (Lipinski definition) is 4. The SMILES string of the molecule is COc1ccc(OCCSC(=N)N)cc1. The van der Waals surface area contributed by atoms with Gasteiger partial charge in [-0.15, -0.1) is 0 Å². The molecule has 1 aromatic rings. The van der Waals surface area contributed by atoms with Crippen molar-refractivity contribution in [3.8, 4) is 11.5 Å². The van der Waals surface area contributed by atoms with Gasteiger partial charge in [-0.1, -0.05) is 11.8 Å². The molecule has 0 heterocycles. The number of nitrogens with one attached hydrogen (secondary N) is 1. The first kappa shape index (κ1) is 11.7. The van der Waals surface area contributed by atoms with Gasteiger partial charge in [-0.2, -0.15) is 0 Å². The lowest BCUT2D eigenvalue weighted by molar-refractivity contribution is 0.343. The summed E-state index contributed by atoms with van der Waals surface area (Å²) in [6, 6.07) is 7.37. The lowest BCUT2D eigenvalue weighted by Crippen LogP contribution is -2.08. The number of thioether (sulfide) groups is 1. The van der Waals surface area contributed by atoms with Gasteiger partial charge in [0.15, 0.2) is 5.17 Å². The Labute approximate surface area is 93.3 Å². The molecular weight excluding hydrogens is 212 g/mol. The van der Waals surface area contributed by atoms with Crippen LogP contribution < -0.4 is 15.2 Å². The summed E-state index contributed by atoms with van der Waals surface area (Å²) in [6.07, 6.45) is 0. The Morgan fingerprint density at radius 2 is 1.93 bits per heavy atom. The zero-order valence-corrected chi connectivity index (χ0v) is 9.34. The van der Waals surface area contributed by atoms with Crippen molar-refractivity contribution >= 4 is 16.9 Å². The maximum absolute atomic E-state index is 7.00. The Balaban J connectivity index is 2.28. The van der Waals surface area contributed by atoms with Crippen LogP contribution in [0.15, 0.2) is 24.3 Å². The molecule has 3 N–H and O–H groups in total. The highest BCUT2D eigenvalue weighted by atomic mass is 32.2. The monoisotopic (exact) mass is 226 g/mol. The second-order valence-electron chi connectivity index (χ2n) is 2.74. The molecule has 0 unspecified atom stereocenters. The van der Waals surface area contributed by atoms with Gasteiger partial charge in [-0.05, 0) is 24.3 Å². The van der Waals surface area contributed by atoms with Crippen LogP contribution in [0, 0.1) is 5.41 Å². The van der Waals surface area contributed by atoms with E-state index < -0.39 is 0 Å². The first-order chi connectivity index (χ1) is 7.22. The maximum Gasteiger partial charge on any atom is 0.151 e. The molecular formula is C10H14N2O2S. The highest BCUT2D eigenvalue weighted by Crippen LogP contribution is 2.17. The molecule has 0 aromatic heterocycles. The van der Waals surface area contributed by atoms with Crippen molar-refractivity contribution in [1.82, 2.24) is 0 Å². The summed E-state index contributed by atoms with van der Waals surface area (Å²) in [5.41, 5.74) is 5.18. The summed E-state index contributed by atoms with van der Waals surface area (Å²) in [6.45, 7) is 0.538. The van der Waals surface area contributed by atoms with Gasteiger partial charge in [0.25, 0.3) is 0 Å². The number of benzene rings is 1. The first-order valence-electron chi connectivity index (χ1n) is 4.46. The molecule has 0 saturated carbocycles. The minimum Gasteiger partial charge on any atom is -0.497 e. The number of amidine groups is 1. The fourth-order valence-corrected chi connectivity index (χ4v) is 1.37. The molecule has 5 heteroatoms. The lowest BCUT2D eigenvalue weighted by atomic mass is 10.3.